The van der Waals surface area contributed by atoms with E-state index >= 15 is 0 Å². The molecular formula is C12H19ClO3SSi. The highest BCUT2D eigenvalue weighted by atomic mass is 35.7. The van der Waals surface area contributed by atoms with Gasteiger partial charge in [-0.05, 0) is 50.2 Å². The maximum atomic E-state index is 11.1. The van der Waals surface area contributed by atoms with E-state index in [9.17, 15) is 8.42 Å². The van der Waals surface area contributed by atoms with Crippen molar-refractivity contribution in [1.82, 2.24) is 0 Å². The van der Waals surface area contributed by atoms with Gasteiger partial charge in [-0.2, -0.15) is 0 Å². The van der Waals surface area contributed by atoms with Crippen molar-refractivity contribution in [3.63, 3.8) is 0 Å². The molecule has 0 N–H and O–H groups in total. The highest BCUT2D eigenvalue weighted by Gasteiger charge is 2.21. The third kappa shape index (κ3) is 5.10. The van der Waals surface area contributed by atoms with Crippen LogP contribution in [0.5, 0.6) is 0 Å². The van der Waals surface area contributed by atoms with Gasteiger partial charge in [0.1, 0.15) is 0 Å². The summed E-state index contributed by atoms with van der Waals surface area (Å²) in [4.78, 5) is 0.147. The molecular weight excluding hydrogens is 288 g/mol. The minimum Gasteiger partial charge on any atom is -0.418 e. The van der Waals surface area contributed by atoms with E-state index in [1.807, 2.05) is 19.1 Å². The van der Waals surface area contributed by atoms with Crippen molar-refractivity contribution >= 4 is 28.1 Å². The number of aryl methyl sites for hydroxylation is 1. The first kappa shape index (κ1) is 15.7. The second-order valence-electron chi connectivity index (χ2n) is 4.77. The van der Waals surface area contributed by atoms with Gasteiger partial charge in [0, 0.05) is 17.3 Å². The Morgan fingerprint density at radius 2 is 1.78 bits per heavy atom. The lowest BCUT2D eigenvalue weighted by atomic mass is 10.2. The Hall–Kier alpha value is -0.363. The largest absolute Gasteiger partial charge is 0.418 e. The van der Waals surface area contributed by atoms with Crippen LogP contribution in [0.4, 0.5) is 0 Å². The van der Waals surface area contributed by atoms with Gasteiger partial charge < -0.3 is 4.43 Å². The molecule has 0 aromatic heterocycles. The summed E-state index contributed by atoms with van der Waals surface area (Å²) in [5.74, 6) is 0. The van der Waals surface area contributed by atoms with Gasteiger partial charge >= 0.3 is 0 Å². The van der Waals surface area contributed by atoms with E-state index in [-0.39, 0.29) is 4.90 Å². The van der Waals surface area contributed by atoms with E-state index < -0.39 is 17.4 Å². The van der Waals surface area contributed by atoms with Crippen LogP contribution in [0.2, 0.25) is 19.1 Å². The monoisotopic (exact) mass is 306 g/mol. The average molecular weight is 307 g/mol. The van der Waals surface area contributed by atoms with Crippen LogP contribution in [-0.2, 0) is 19.9 Å². The molecule has 0 fully saturated rings. The standard InChI is InChI=1S/C12H19ClO3SSi/c1-4-16-18(2,3)10-9-11-5-7-12(8-6-11)17(13,14)15/h5-8H,4,9-10H2,1-3H3. The summed E-state index contributed by atoms with van der Waals surface area (Å²) >= 11 is 0. The molecule has 1 aromatic rings. The van der Waals surface area contributed by atoms with Crippen molar-refractivity contribution in [3.05, 3.63) is 29.8 Å². The molecule has 0 spiro atoms. The summed E-state index contributed by atoms with van der Waals surface area (Å²) in [6.07, 6.45) is 0.905. The predicted octanol–water partition coefficient (Wildman–Crippen LogP) is 3.40. The summed E-state index contributed by atoms with van der Waals surface area (Å²) in [5, 5.41) is 0. The molecule has 0 radical (unpaired) electrons. The maximum absolute atomic E-state index is 11.1. The van der Waals surface area contributed by atoms with Gasteiger partial charge in [-0.3, -0.25) is 0 Å². The predicted molar refractivity (Wildman–Crippen MR) is 77.1 cm³/mol. The van der Waals surface area contributed by atoms with Crippen molar-refractivity contribution in [3.8, 4) is 0 Å². The molecule has 0 saturated heterocycles. The normalized spacial score (nSPS) is 12.7. The zero-order valence-corrected chi connectivity index (χ0v) is 13.5. The van der Waals surface area contributed by atoms with Crippen LogP contribution < -0.4 is 0 Å². The van der Waals surface area contributed by atoms with E-state index in [1.165, 1.54) is 0 Å². The van der Waals surface area contributed by atoms with Crippen molar-refractivity contribution in [1.29, 1.82) is 0 Å². The molecule has 0 aliphatic carbocycles. The Kier molecular flexibility index (Phi) is 5.40. The number of rotatable bonds is 6. The van der Waals surface area contributed by atoms with Crippen LogP contribution in [0.25, 0.3) is 0 Å². The Bertz CT molecular complexity index is 483. The lowest BCUT2D eigenvalue weighted by Crippen LogP contribution is -2.30. The molecule has 0 aliphatic rings. The molecule has 0 heterocycles. The fraction of sp³-hybridized carbons (Fsp3) is 0.500. The molecule has 3 nitrogen and oxygen atoms in total. The molecule has 0 saturated carbocycles. The first-order valence-corrected chi connectivity index (χ1v) is 11.3. The van der Waals surface area contributed by atoms with Crippen LogP contribution in [0.1, 0.15) is 12.5 Å². The van der Waals surface area contributed by atoms with E-state index in [1.54, 1.807) is 12.1 Å². The van der Waals surface area contributed by atoms with Gasteiger partial charge in [0.2, 0.25) is 0 Å². The molecule has 1 rings (SSSR count). The van der Waals surface area contributed by atoms with Gasteiger partial charge in [0.15, 0.2) is 8.32 Å². The lowest BCUT2D eigenvalue weighted by Gasteiger charge is -2.21. The van der Waals surface area contributed by atoms with Gasteiger partial charge in [-0.15, -0.1) is 0 Å². The van der Waals surface area contributed by atoms with Crippen LogP contribution >= 0.6 is 10.7 Å². The number of hydrogen-bond donors (Lipinski definition) is 0. The minimum atomic E-state index is -3.62. The Morgan fingerprint density at radius 1 is 1.22 bits per heavy atom. The highest BCUT2D eigenvalue weighted by Crippen LogP contribution is 2.19. The number of halogens is 1. The fourth-order valence-corrected chi connectivity index (χ4v) is 4.31. The molecule has 0 unspecified atom stereocenters. The van der Waals surface area contributed by atoms with Crippen molar-refractivity contribution in [2.45, 2.75) is 37.4 Å². The molecule has 102 valence electrons. The molecule has 0 atom stereocenters. The third-order valence-electron chi connectivity index (χ3n) is 2.76. The summed E-state index contributed by atoms with van der Waals surface area (Å²) in [5.41, 5.74) is 1.11. The first-order valence-electron chi connectivity index (χ1n) is 5.92. The lowest BCUT2D eigenvalue weighted by molar-refractivity contribution is 0.329. The van der Waals surface area contributed by atoms with E-state index in [2.05, 4.69) is 13.1 Å². The van der Waals surface area contributed by atoms with Crippen molar-refractivity contribution in [2.24, 2.45) is 0 Å². The van der Waals surface area contributed by atoms with Crippen LogP contribution in [0.15, 0.2) is 29.2 Å². The first-order chi connectivity index (χ1) is 8.24. The quantitative estimate of drug-likeness (QED) is 0.597. The summed E-state index contributed by atoms with van der Waals surface area (Å²) in [6.45, 7) is 7.14. The Labute approximate surface area is 115 Å². The second-order valence-corrected chi connectivity index (χ2v) is 11.6. The fourth-order valence-electron chi connectivity index (χ4n) is 1.73. The molecule has 0 aliphatic heterocycles. The van der Waals surface area contributed by atoms with E-state index in [0.29, 0.717) is 0 Å². The van der Waals surface area contributed by atoms with Gasteiger partial charge in [-0.25, -0.2) is 8.42 Å². The van der Waals surface area contributed by atoms with Crippen LogP contribution in [0, 0.1) is 0 Å². The zero-order valence-electron chi connectivity index (χ0n) is 10.9. The number of benzene rings is 1. The zero-order chi connectivity index (χ0) is 13.8. The molecule has 0 amide bonds. The topological polar surface area (TPSA) is 43.4 Å². The van der Waals surface area contributed by atoms with Gasteiger partial charge in [-0.1, -0.05) is 12.1 Å². The van der Waals surface area contributed by atoms with Crippen molar-refractivity contribution < 1.29 is 12.8 Å². The van der Waals surface area contributed by atoms with Crippen molar-refractivity contribution in [2.75, 3.05) is 6.61 Å². The van der Waals surface area contributed by atoms with E-state index in [4.69, 9.17) is 15.1 Å². The Balaban J connectivity index is 2.65. The summed E-state index contributed by atoms with van der Waals surface area (Å²) < 4.78 is 27.9. The van der Waals surface area contributed by atoms with E-state index in [0.717, 1.165) is 24.6 Å². The summed E-state index contributed by atoms with van der Waals surface area (Å²) in [7, 11) is 0.0649. The maximum Gasteiger partial charge on any atom is 0.261 e. The second kappa shape index (κ2) is 6.19. The summed E-state index contributed by atoms with van der Waals surface area (Å²) in [6, 6.07) is 7.74. The van der Waals surface area contributed by atoms with Gasteiger partial charge in [0.25, 0.3) is 9.05 Å². The molecule has 0 bridgehead atoms. The molecule has 18 heavy (non-hydrogen) atoms. The number of hydrogen-bond acceptors (Lipinski definition) is 3. The Morgan fingerprint density at radius 3 is 2.22 bits per heavy atom. The van der Waals surface area contributed by atoms with Gasteiger partial charge in [0.05, 0.1) is 4.90 Å². The molecule has 1 aromatic carbocycles. The average Bonchev–Trinajstić information content (AvgIpc) is 2.26. The van der Waals surface area contributed by atoms with Crippen LogP contribution in [0.3, 0.4) is 0 Å². The minimum absolute atomic E-state index is 0.147. The highest BCUT2D eigenvalue weighted by molar-refractivity contribution is 8.13. The van der Waals surface area contributed by atoms with Crippen LogP contribution in [-0.4, -0.2) is 23.3 Å². The molecule has 6 heteroatoms. The SMILES string of the molecule is CCO[Si](C)(C)CCc1ccc(S(=O)(=O)Cl)cc1. The smallest absolute Gasteiger partial charge is 0.261 e. The third-order valence-corrected chi connectivity index (χ3v) is 6.65.